The van der Waals surface area contributed by atoms with E-state index in [-0.39, 0.29) is 5.41 Å². The summed E-state index contributed by atoms with van der Waals surface area (Å²) in [6.45, 7) is 4.75. The van der Waals surface area contributed by atoms with E-state index in [1.54, 1.807) is 0 Å². The summed E-state index contributed by atoms with van der Waals surface area (Å²) in [5, 5.41) is 0. The molecule has 0 unspecified atom stereocenters. The van der Waals surface area contributed by atoms with Crippen molar-refractivity contribution in [2.45, 2.75) is 19.3 Å². The molecule has 1 aliphatic carbocycles. The first-order valence-corrected chi connectivity index (χ1v) is 18.1. The Balaban J connectivity index is 1.13. The number of fused-ring (bicyclic) bond motifs is 3. The van der Waals surface area contributed by atoms with E-state index >= 15 is 0 Å². The number of para-hydroxylation sites is 1. The first-order chi connectivity index (χ1) is 25.5. The molecule has 1 heteroatoms. The zero-order chi connectivity index (χ0) is 35.1. The number of rotatable bonds is 7. The number of benzene rings is 8. The van der Waals surface area contributed by atoms with Crippen LogP contribution in [0.1, 0.15) is 25.0 Å². The van der Waals surface area contributed by atoms with E-state index in [2.05, 4.69) is 219 Å². The standard InChI is InChI=1S/C51H39N/c1-51(2)48-34-42(40-24-22-38(23-25-40)36-14-6-3-7-15-36)28-32-46(48)47-33-31-44(35-49(47)51)52(43-29-26-39(27-30-43)37-16-8-4-9-17-37)50-21-13-12-20-45(50)41-18-10-5-11-19-41/h3-35H,1-2H3. The Morgan fingerprint density at radius 3 is 1.31 bits per heavy atom. The maximum absolute atomic E-state index is 2.43. The van der Waals surface area contributed by atoms with Crippen LogP contribution in [0.15, 0.2) is 200 Å². The second-order valence-corrected chi connectivity index (χ2v) is 14.2. The topological polar surface area (TPSA) is 3.24 Å². The van der Waals surface area contributed by atoms with Gasteiger partial charge >= 0.3 is 0 Å². The maximum Gasteiger partial charge on any atom is 0.0540 e. The molecule has 1 aliphatic rings. The highest BCUT2D eigenvalue weighted by Crippen LogP contribution is 2.52. The van der Waals surface area contributed by atoms with Crippen LogP contribution in [0, 0.1) is 0 Å². The molecule has 0 aromatic heterocycles. The molecule has 8 aromatic rings. The van der Waals surface area contributed by atoms with Crippen molar-refractivity contribution < 1.29 is 0 Å². The van der Waals surface area contributed by atoms with Gasteiger partial charge in [-0.05, 0) is 97.6 Å². The van der Waals surface area contributed by atoms with Crippen LogP contribution in [-0.4, -0.2) is 0 Å². The lowest BCUT2D eigenvalue weighted by Crippen LogP contribution is -2.17. The SMILES string of the molecule is CC1(C)c2cc(-c3ccc(-c4ccccc4)cc3)ccc2-c2ccc(N(c3ccc(-c4ccccc4)cc3)c3ccccc3-c3ccccc3)cc21. The minimum absolute atomic E-state index is 0.178. The Kier molecular flexibility index (Phi) is 7.90. The molecule has 0 fully saturated rings. The maximum atomic E-state index is 2.43. The van der Waals surface area contributed by atoms with Crippen LogP contribution in [0.3, 0.4) is 0 Å². The molecule has 0 bridgehead atoms. The predicted molar refractivity (Wildman–Crippen MR) is 220 cm³/mol. The van der Waals surface area contributed by atoms with Gasteiger partial charge in [-0.1, -0.05) is 178 Å². The highest BCUT2D eigenvalue weighted by atomic mass is 15.1. The molecule has 0 amide bonds. The zero-order valence-electron chi connectivity index (χ0n) is 29.5. The molecule has 0 atom stereocenters. The molecular formula is C51H39N. The summed E-state index contributed by atoms with van der Waals surface area (Å²) in [6.07, 6.45) is 0. The molecular weight excluding hydrogens is 627 g/mol. The van der Waals surface area contributed by atoms with Gasteiger partial charge in [0.05, 0.1) is 5.69 Å². The quantitative estimate of drug-likeness (QED) is 0.164. The fraction of sp³-hybridized carbons (Fsp3) is 0.0588. The molecule has 0 radical (unpaired) electrons. The van der Waals surface area contributed by atoms with Gasteiger partial charge in [0.1, 0.15) is 0 Å². The second kappa shape index (κ2) is 13.0. The van der Waals surface area contributed by atoms with Gasteiger partial charge in [0.25, 0.3) is 0 Å². The van der Waals surface area contributed by atoms with Gasteiger partial charge in [0.2, 0.25) is 0 Å². The van der Waals surface area contributed by atoms with Crippen molar-refractivity contribution in [2.75, 3.05) is 4.90 Å². The molecule has 0 N–H and O–H groups in total. The van der Waals surface area contributed by atoms with Crippen LogP contribution in [0.5, 0.6) is 0 Å². The Labute approximate surface area is 307 Å². The lowest BCUT2D eigenvalue weighted by Gasteiger charge is -2.30. The Hall–Kier alpha value is -6.44. The summed E-state index contributed by atoms with van der Waals surface area (Å²) >= 11 is 0. The minimum atomic E-state index is -0.178. The third-order valence-electron chi connectivity index (χ3n) is 10.7. The summed E-state index contributed by atoms with van der Waals surface area (Å²) in [7, 11) is 0. The molecule has 8 aromatic carbocycles. The summed E-state index contributed by atoms with van der Waals surface area (Å²) in [6, 6.07) is 72.7. The van der Waals surface area contributed by atoms with E-state index < -0.39 is 0 Å². The van der Waals surface area contributed by atoms with Crippen molar-refractivity contribution >= 4 is 17.1 Å². The normalized spacial score (nSPS) is 12.6. The third-order valence-corrected chi connectivity index (χ3v) is 10.7. The number of hydrogen-bond donors (Lipinski definition) is 0. The predicted octanol–water partition coefficient (Wildman–Crippen LogP) is 14.1. The first kappa shape index (κ1) is 31.5. The number of nitrogens with zero attached hydrogens (tertiary/aromatic N) is 1. The van der Waals surface area contributed by atoms with Crippen LogP contribution in [0.25, 0.3) is 55.6 Å². The van der Waals surface area contributed by atoms with Crippen molar-refractivity contribution in [3.8, 4) is 55.6 Å². The van der Waals surface area contributed by atoms with Crippen LogP contribution >= 0.6 is 0 Å². The fourth-order valence-corrected chi connectivity index (χ4v) is 7.92. The highest BCUT2D eigenvalue weighted by Gasteiger charge is 2.36. The zero-order valence-corrected chi connectivity index (χ0v) is 29.5. The van der Waals surface area contributed by atoms with E-state index in [1.165, 1.54) is 66.8 Å². The van der Waals surface area contributed by atoms with Crippen molar-refractivity contribution in [3.05, 3.63) is 211 Å². The van der Waals surface area contributed by atoms with E-state index in [0.29, 0.717) is 0 Å². The van der Waals surface area contributed by atoms with Gasteiger partial charge in [-0.15, -0.1) is 0 Å². The largest absolute Gasteiger partial charge is 0.310 e. The molecule has 9 rings (SSSR count). The van der Waals surface area contributed by atoms with Crippen molar-refractivity contribution in [2.24, 2.45) is 0 Å². The summed E-state index contributed by atoms with van der Waals surface area (Å²) < 4.78 is 0. The lowest BCUT2D eigenvalue weighted by atomic mass is 9.81. The highest BCUT2D eigenvalue weighted by molar-refractivity contribution is 5.91. The molecule has 0 saturated heterocycles. The van der Waals surface area contributed by atoms with E-state index in [1.807, 2.05) is 0 Å². The van der Waals surface area contributed by atoms with Crippen LogP contribution in [-0.2, 0) is 5.41 Å². The molecule has 52 heavy (non-hydrogen) atoms. The van der Waals surface area contributed by atoms with Gasteiger partial charge in [0, 0.05) is 22.4 Å². The molecule has 248 valence electrons. The van der Waals surface area contributed by atoms with Crippen LogP contribution < -0.4 is 4.90 Å². The Morgan fingerprint density at radius 2 is 0.712 bits per heavy atom. The van der Waals surface area contributed by atoms with Gasteiger partial charge in [-0.25, -0.2) is 0 Å². The van der Waals surface area contributed by atoms with Crippen LogP contribution in [0.2, 0.25) is 0 Å². The second-order valence-electron chi connectivity index (χ2n) is 14.2. The van der Waals surface area contributed by atoms with Gasteiger partial charge in [-0.2, -0.15) is 0 Å². The fourth-order valence-electron chi connectivity index (χ4n) is 7.92. The van der Waals surface area contributed by atoms with Gasteiger partial charge < -0.3 is 4.90 Å². The molecule has 0 heterocycles. The van der Waals surface area contributed by atoms with Gasteiger partial charge in [0.15, 0.2) is 0 Å². The van der Waals surface area contributed by atoms with E-state index in [0.717, 1.165) is 17.1 Å². The lowest BCUT2D eigenvalue weighted by molar-refractivity contribution is 0.660. The molecule has 0 aliphatic heterocycles. The van der Waals surface area contributed by atoms with Crippen LogP contribution in [0.4, 0.5) is 17.1 Å². The smallest absolute Gasteiger partial charge is 0.0540 e. The summed E-state index contributed by atoms with van der Waals surface area (Å²) in [5.41, 5.74) is 18.4. The number of hydrogen-bond acceptors (Lipinski definition) is 1. The first-order valence-electron chi connectivity index (χ1n) is 18.1. The molecule has 1 nitrogen and oxygen atoms in total. The monoisotopic (exact) mass is 665 g/mol. The Morgan fingerprint density at radius 1 is 0.308 bits per heavy atom. The van der Waals surface area contributed by atoms with E-state index in [4.69, 9.17) is 0 Å². The number of anilines is 3. The summed E-state index contributed by atoms with van der Waals surface area (Å²) in [4.78, 5) is 2.43. The molecule has 0 spiro atoms. The average Bonchev–Trinajstić information content (AvgIpc) is 3.44. The van der Waals surface area contributed by atoms with Crippen molar-refractivity contribution in [1.29, 1.82) is 0 Å². The minimum Gasteiger partial charge on any atom is -0.310 e. The molecule has 0 saturated carbocycles. The van der Waals surface area contributed by atoms with Crippen molar-refractivity contribution in [1.82, 2.24) is 0 Å². The van der Waals surface area contributed by atoms with Gasteiger partial charge in [-0.3, -0.25) is 0 Å². The average molecular weight is 666 g/mol. The Bertz CT molecular complexity index is 2500. The summed E-state index contributed by atoms with van der Waals surface area (Å²) in [5.74, 6) is 0. The third kappa shape index (κ3) is 5.61. The van der Waals surface area contributed by atoms with E-state index in [9.17, 15) is 0 Å². The van der Waals surface area contributed by atoms with Crippen molar-refractivity contribution in [3.63, 3.8) is 0 Å².